The maximum absolute atomic E-state index is 5.86. The Bertz CT molecular complexity index is 323. The number of anilines is 1. The third-order valence-electron chi connectivity index (χ3n) is 2.71. The van der Waals surface area contributed by atoms with Gasteiger partial charge in [-0.05, 0) is 7.05 Å². The minimum Gasteiger partial charge on any atom is -0.354 e. The predicted octanol–water partition coefficient (Wildman–Crippen LogP) is 0.967. The van der Waals surface area contributed by atoms with Gasteiger partial charge in [0, 0.05) is 37.9 Å². The van der Waals surface area contributed by atoms with Gasteiger partial charge in [0.05, 0.1) is 5.88 Å². The van der Waals surface area contributed by atoms with Gasteiger partial charge in [0.2, 0.25) is 0 Å². The van der Waals surface area contributed by atoms with Crippen molar-refractivity contribution >= 4 is 17.4 Å². The molecule has 1 fully saturated rings. The van der Waals surface area contributed by atoms with Crippen LogP contribution in [0.3, 0.4) is 0 Å². The van der Waals surface area contributed by atoms with Crippen molar-refractivity contribution in [2.24, 2.45) is 0 Å². The maximum Gasteiger partial charge on any atom is 0.136 e. The Morgan fingerprint density at radius 1 is 1.33 bits per heavy atom. The predicted molar refractivity (Wildman–Crippen MR) is 61.3 cm³/mol. The topological polar surface area (TPSA) is 32.3 Å². The molecule has 0 spiro atoms. The number of likely N-dealkylation sites (N-methyl/N-ethyl adjacent to an activating group) is 1. The Morgan fingerprint density at radius 3 is 2.73 bits per heavy atom. The molecule has 0 radical (unpaired) electrons. The second-order valence-electron chi connectivity index (χ2n) is 3.80. The Kier molecular flexibility index (Phi) is 3.38. The summed E-state index contributed by atoms with van der Waals surface area (Å²) in [6.07, 6.45) is 3.39. The summed E-state index contributed by atoms with van der Waals surface area (Å²) >= 11 is 5.86. The van der Waals surface area contributed by atoms with Gasteiger partial charge >= 0.3 is 0 Å². The Labute approximate surface area is 94.9 Å². The third-order valence-corrected chi connectivity index (χ3v) is 3.00. The molecule has 0 amide bonds. The molecule has 0 aromatic carbocycles. The second kappa shape index (κ2) is 4.77. The summed E-state index contributed by atoms with van der Waals surface area (Å²) in [6, 6.07) is 0. The zero-order chi connectivity index (χ0) is 10.7. The largest absolute Gasteiger partial charge is 0.354 e. The van der Waals surface area contributed by atoms with Gasteiger partial charge in [0.25, 0.3) is 0 Å². The van der Waals surface area contributed by atoms with Crippen LogP contribution in [0.1, 0.15) is 5.56 Å². The highest BCUT2D eigenvalue weighted by molar-refractivity contribution is 6.17. The normalized spacial score (nSPS) is 18.1. The van der Waals surface area contributed by atoms with Crippen molar-refractivity contribution in [3.63, 3.8) is 0 Å². The summed E-state index contributed by atoms with van der Waals surface area (Å²) in [6.45, 7) is 4.17. The van der Waals surface area contributed by atoms with Crippen molar-refractivity contribution in [3.05, 3.63) is 18.1 Å². The van der Waals surface area contributed by atoms with E-state index in [1.54, 1.807) is 12.5 Å². The van der Waals surface area contributed by atoms with Gasteiger partial charge in [-0.25, -0.2) is 9.97 Å². The van der Waals surface area contributed by atoms with Crippen molar-refractivity contribution in [2.75, 3.05) is 38.1 Å². The van der Waals surface area contributed by atoms with E-state index < -0.39 is 0 Å². The molecular weight excluding hydrogens is 212 g/mol. The number of hydrogen-bond donors (Lipinski definition) is 0. The minimum atomic E-state index is 0.475. The molecule has 0 N–H and O–H groups in total. The van der Waals surface area contributed by atoms with E-state index in [1.165, 1.54) is 0 Å². The Morgan fingerprint density at radius 2 is 2.07 bits per heavy atom. The van der Waals surface area contributed by atoms with Crippen LogP contribution in [0.5, 0.6) is 0 Å². The van der Waals surface area contributed by atoms with Crippen molar-refractivity contribution < 1.29 is 0 Å². The lowest BCUT2D eigenvalue weighted by Gasteiger charge is -2.33. The van der Waals surface area contributed by atoms with Gasteiger partial charge in [-0.15, -0.1) is 11.6 Å². The quantitative estimate of drug-likeness (QED) is 0.704. The van der Waals surface area contributed by atoms with E-state index in [9.17, 15) is 0 Å². The van der Waals surface area contributed by atoms with Crippen LogP contribution in [0.15, 0.2) is 12.5 Å². The maximum atomic E-state index is 5.86. The van der Waals surface area contributed by atoms with Crippen molar-refractivity contribution in [3.8, 4) is 0 Å². The number of hydrogen-bond acceptors (Lipinski definition) is 4. The molecule has 15 heavy (non-hydrogen) atoms. The molecule has 2 rings (SSSR count). The van der Waals surface area contributed by atoms with Crippen LogP contribution in [-0.4, -0.2) is 48.1 Å². The molecular formula is C10H15ClN4. The van der Waals surface area contributed by atoms with Crippen LogP contribution in [0, 0.1) is 0 Å². The van der Waals surface area contributed by atoms with E-state index in [4.69, 9.17) is 11.6 Å². The standard InChI is InChI=1S/C10H15ClN4/c1-14-2-4-15(5-3-14)10-9(6-11)7-12-8-13-10/h7-8H,2-6H2,1H3. The molecule has 5 heteroatoms. The highest BCUT2D eigenvalue weighted by Crippen LogP contribution is 2.19. The second-order valence-corrected chi connectivity index (χ2v) is 4.06. The third kappa shape index (κ3) is 2.38. The first-order valence-electron chi connectivity index (χ1n) is 5.09. The smallest absolute Gasteiger partial charge is 0.136 e. The minimum absolute atomic E-state index is 0.475. The Balaban J connectivity index is 2.15. The lowest BCUT2D eigenvalue weighted by atomic mass is 10.2. The summed E-state index contributed by atoms with van der Waals surface area (Å²) in [5.74, 6) is 1.47. The fraction of sp³-hybridized carbons (Fsp3) is 0.600. The highest BCUT2D eigenvalue weighted by Gasteiger charge is 2.17. The molecule has 1 aliphatic rings. The summed E-state index contributed by atoms with van der Waals surface area (Å²) in [5, 5.41) is 0. The molecule has 1 aliphatic heterocycles. The first-order chi connectivity index (χ1) is 7.31. The van der Waals surface area contributed by atoms with E-state index >= 15 is 0 Å². The molecule has 0 bridgehead atoms. The average Bonchev–Trinajstić information content (AvgIpc) is 2.30. The average molecular weight is 227 g/mol. The van der Waals surface area contributed by atoms with Crippen LogP contribution < -0.4 is 4.90 Å². The molecule has 0 atom stereocenters. The number of aromatic nitrogens is 2. The molecule has 82 valence electrons. The van der Waals surface area contributed by atoms with Crippen molar-refractivity contribution in [1.29, 1.82) is 0 Å². The lowest BCUT2D eigenvalue weighted by Crippen LogP contribution is -2.45. The number of rotatable bonds is 2. The fourth-order valence-electron chi connectivity index (χ4n) is 1.75. The molecule has 1 saturated heterocycles. The summed E-state index contributed by atoms with van der Waals surface area (Å²) in [4.78, 5) is 12.9. The van der Waals surface area contributed by atoms with Gasteiger partial charge in [0.1, 0.15) is 12.1 Å². The monoisotopic (exact) mass is 226 g/mol. The molecule has 1 aromatic heterocycles. The van der Waals surface area contributed by atoms with Crippen molar-refractivity contribution in [1.82, 2.24) is 14.9 Å². The van der Waals surface area contributed by atoms with E-state index in [-0.39, 0.29) is 0 Å². The summed E-state index contributed by atoms with van der Waals surface area (Å²) in [7, 11) is 2.14. The van der Waals surface area contributed by atoms with Gasteiger partial charge in [-0.2, -0.15) is 0 Å². The number of piperazine rings is 1. The summed E-state index contributed by atoms with van der Waals surface area (Å²) < 4.78 is 0. The van der Waals surface area contributed by atoms with E-state index in [0.717, 1.165) is 37.6 Å². The number of alkyl halides is 1. The van der Waals surface area contributed by atoms with E-state index in [1.807, 2.05) is 0 Å². The summed E-state index contributed by atoms with van der Waals surface area (Å²) in [5.41, 5.74) is 1.02. The molecule has 0 saturated carbocycles. The van der Waals surface area contributed by atoms with Gasteiger partial charge in [-0.1, -0.05) is 0 Å². The zero-order valence-corrected chi connectivity index (χ0v) is 9.61. The van der Waals surface area contributed by atoms with Gasteiger partial charge < -0.3 is 9.80 Å². The first kappa shape index (κ1) is 10.6. The van der Waals surface area contributed by atoms with Crippen LogP contribution in [-0.2, 0) is 5.88 Å². The van der Waals surface area contributed by atoms with E-state index in [0.29, 0.717) is 5.88 Å². The highest BCUT2D eigenvalue weighted by atomic mass is 35.5. The Hall–Kier alpha value is -0.870. The van der Waals surface area contributed by atoms with Gasteiger partial charge in [-0.3, -0.25) is 0 Å². The first-order valence-corrected chi connectivity index (χ1v) is 5.63. The lowest BCUT2D eigenvalue weighted by molar-refractivity contribution is 0.312. The fourth-order valence-corrected chi connectivity index (χ4v) is 1.94. The number of halogens is 1. The van der Waals surface area contributed by atoms with Crippen molar-refractivity contribution in [2.45, 2.75) is 5.88 Å². The molecule has 0 unspecified atom stereocenters. The van der Waals surface area contributed by atoms with Crippen LogP contribution >= 0.6 is 11.6 Å². The molecule has 1 aromatic rings. The molecule has 4 nitrogen and oxygen atoms in total. The molecule has 0 aliphatic carbocycles. The van der Waals surface area contributed by atoms with Crippen LogP contribution in [0.2, 0.25) is 0 Å². The van der Waals surface area contributed by atoms with E-state index in [2.05, 4.69) is 26.8 Å². The SMILES string of the molecule is CN1CCN(c2ncncc2CCl)CC1. The van der Waals surface area contributed by atoms with Crippen LogP contribution in [0.25, 0.3) is 0 Å². The van der Waals surface area contributed by atoms with Gasteiger partial charge in [0.15, 0.2) is 0 Å². The zero-order valence-electron chi connectivity index (χ0n) is 8.86. The molecule has 2 heterocycles. The van der Waals surface area contributed by atoms with Crippen LogP contribution in [0.4, 0.5) is 5.82 Å². The number of nitrogens with zero attached hydrogens (tertiary/aromatic N) is 4.